The smallest absolute Gasteiger partial charge is 0.244 e. The minimum atomic E-state index is 0. The van der Waals surface area contributed by atoms with Crippen LogP contribution < -0.4 is 27.3 Å². The topological polar surface area (TPSA) is 34.8 Å². The van der Waals surface area contributed by atoms with Gasteiger partial charge in [0.1, 0.15) is 19.1 Å². The van der Waals surface area contributed by atoms with E-state index in [4.69, 9.17) is 5.73 Å². The Kier molecular flexibility index (Phi) is 13.0. The van der Waals surface area contributed by atoms with Crippen molar-refractivity contribution in [3.63, 3.8) is 0 Å². The Morgan fingerprint density at radius 3 is 2.05 bits per heavy atom. The van der Waals surface area contributed by atoms with Crippen LogP contribution in [0, 0.1) is 0 Å². The van der Waals surface area contributed by atoms with Gasteiger partial charge in [0.2, 0.25) is 6.33 Å². The summed E-state index contributed by atoms with van der Waals surface area (Å²) in [6.07, 6.45) is 17.0. The van der Waals surface area contributed by atoms with E-state index in [1.54, 1.807) is 0 Å². The molecule has 1 aromatic rings. The van der Waals surface area contributed by atoms with Crippen molar-refractivity contribution in [3.05, 3.63) is 18.7 Å². The van der Waals surface area contributed by atoms with Crippen LogP contribution in [0.3, 0.4) is 0 Å². The third-order valence-corrected chi connectivity index (χ3v) is 3.60. The number of nitrogens with two attached hydrogens (primary N) is 1. The van der Waals surface area contributed by atoms with Crippen LogP contribution in [0.2, 0.25) is 0 Å². The van der Waals surface area contributed by atoms with E-state index in [9.17, 15) is 0 Å². The van der Waals surface area contributed by atoms with Crippen LogP contribution >= 0.6 is 12.6 Å². The van der Waals surface area contributed by atoms with Gasteiger partial charge in [-0.3, -0.25) is 5.73 Å². The molecule has 0 aliphatic heterocycles. The summed E-state index contributed by atoms with van der Waals surface area (Å²) in [5, 5.41) is 0. The van der Waals surface area contributed by atoms with Crippen LogP contribution in [0.1, 0.15) is 51.4 Å². The summed E-state index contributed by atoms with van der Waals surface area (Å²) in [7, 11) is 0. The third kappa shape index (κ3) is 9.52. The molecular weight excluding hydrogens is 322 g/mol. The third-order valence-electron chi connectivity index (χ3n) is 3.28. The van der Waals surface area contributed by atoms with E-state index in [0.29, 0.717) is 6.67 Å². The van der Waals surface area contributed by atoms with E-state index in [-0.39, 0.29) is 17.0 Å². The molecule has 0 saturated carbocycles. The lowest BCUT2D eigenvalue weighted by atomic mass is 10.1. The summed E-state index contributed by atoms with van der Waals surface area (Å²) in [5.74, 6) is 1.04. The first-order valence-electron chi connectivity index (χ1n) is 7.22. The summed E-state index contributed by atoms with van der Waals surface area (Å²) in [4.78, 5) is 0. The first-order valence-corrected chi connectivity index (χ1v) is 7.86. The Labute approximate surface area is 133 Å². The molecule has 5 heteroatoms. The summed E-state index contributed by atoms with van der Waals surface area (Å²) in [6, 6.07) is 0. The summed E-state index contributed by atoms with van der Waals surface area (Å²) in [5.41, 5.74) is 5.55. The molecule has 19 heavy (non-hydrogen) atoms. The number of aryl methyl sites for hydroxylation is 1. The van der Waals surface area contributed by atoms with Gasteiger partial charge in [-0.05, 0) is 25.0 Å². The first-order chi connectivity index (χ1) is 8.86. The Hall–Kier alpha value is 0. The van der Waals surface area contributed by atoms with Crippen molar-refractivity contribution in [3.8, 4) is 0 Å². The van der Waals surface area contributed by atoms with Crippen LogP contribution in [-0.4, -0.2) is 10.3 Å². The highest BCUT2D eigenvalue weighted by Crippen LogP contribution is 2.08. The van der Waals surface area contributed by atoms with E-state index in [1.807, 2.05) is 10.8 Å². The fourth-order valence-electron chi connectivity index (χ4n) is 2.15. The minimum Gasteiger partial charge on any atom is -1.00 e. The molecule has 1 heterocycles. The van der Waals surface area contributed by atoms with E-state index in [1.165, 1.54) is 51.4 Å². The first kappa shape index (κ1) is 19.0. The Morgan fingerprint density at radius 1 is 0.947 bits per heavy atom. The molecule has 1 aromatic heterocycles. The summed E-state index contributed by atoms with van der Waals surface area (Å²) < 4.78 is 4.22. The zero-order valence-electron chi connectivity index (χ0n) is 11.8. The van der Waals surface area contributed by atoms with E-state index in [0.717, 1.165) is 12.3 Å². The van der Waals surface area contributed by atoms with Crippen LogP contribution in [0.5, 0.6) is 0 Å². The SMILES string of the molecule is NCn1cc[n+](CCCCCCCCCCS)c1.[Br-]. The fourth-order valence-corrected chi connectivity index (χ4v) is 2.37. The van der Waals surface area contributed by atoms with Crippen molar-refractivity contribution in [2.45, 2.75) is 64.6 Å². The van der Waals surface area contributed by atoms with Crippen LogP contribution in [0.15, 0.2) is 18.7 Å². The molecule has 0 atom stereocenters. The maximum Gasteiger partial charge on any atom is 0.244 e. The van der Waals surface area contributed by atoms with Gasteiger partial charge in [-0.2, -0.15) is 12.6 Å². The van der Waals surface area contributed by atoms with Gasteiger partial charge in [-0.15, -0.1) is 0 Å². The molecule has 0 aliphatic carbocycles. The second-order valence-electron chi connectivity index (χ2n) is 4.90. The van der Waals surface area contributed by atoms with Crippen molar-refractivity contribution < 1.29 is 21.5 Å². The summed E-state index contributed by atoms with van der Waals surface area (Å²) in [6.45, 7) is 1.69. The van der Waals surface area contributed by atoms with Crippen LogP contribution in [0.25, 0.3) is 0 Å². The molecule has 2 N–H and O–H groups in total. The lowest BCUT2D eigenvalue weighted by Gasteiger charge is -2.00. The van der Waals surface area contributed by atoms with Gasteiger partial charge in [0.15, 0.2) is 0 Å². The van der Waals surface area contributed by atoms with Gasteiger partial charge >= 0.3 is 0 Å². The van der Waals surface area contributed by atoms with Crippen LogP contribution in [0.4, 0.5) is 0 Å². The monoisotopic (exact) mass is 349 g/mol. The van der Waals surface area contributed by atoms with E-state index >= 15 is 0 Å². The second-order valence-corrected chi connectivity index (χ2v) is 5.35. The molecule has 0 fully saturated rings. The van der Waals surface area contributed by atoms with E-state index < -0.39 is 0 Å². The van der Waals surface area contributed by atoms with Crippen molar-refractivity contribution in [1.82, 2.24) is 4.57 Å². The molecule has 0 radical (unpaired) electrons. The number of nitrogens with zero attached hydrogens (tertiary/aromatic N) is 2. The molecule has 0 amide bonds. The minimum absolute atomic E-state index is 0. The zero-order chi connectivity index (χ0) is 13.1. The van der Waals surface area contributed by atoms with Gasteiger partial charge in [-0.25, -0.2) is 9.13 Å². The van der Waals surface area contributed by atoms with Gasteiger partial charge in [0, 0.05) is 0 Å². The number of hydrogen-bond donors (Lipinski definition) is 2. The van der Waals surface area contributed by atoms with Gasteiger partial charge in [0.25, 0.3) is 0 Å². The molecule has 0 aliphatic rings. The molecular formula is C14H28BrN3S. The number of halogens is 1. The molecule has 0 unspecified atom stereocenters. The molecule has 112 valence electrons. The van der Waals surface area contributed by atoms with Crippen molar-refractivity contribution in [2.75, 3.05) is 5.75 Å². The normalized spacial score (nSPS) is 10.4. The number of unbranched alkanes of at least 4 members (excludes halogenated alkanes) is 7. The maximum atomic E-state index is 5.55. The molecule has 0 spiro atoms. The Balaban J connectivity index is 0.00000324. The number of aromatic nitrogens is 2. The molecule has 0 aromatic carbocycles. The number of thiol groups is 1. The number of imidazole rings is 1. The number of hydrogen-bond acceptors (Lipinski definition) is 2. The summed E-state index contributed by atoms with van der Waals surface area (Å²) >= 11 is 4.22. The maximum absolute atomic E-state index is 5.55. The Morgan fingerprint density at radius 2 is 1.53 bits per heavy atom. The predicted octanol–water partition coefficient (Wildman–Crippen LogP) is -0.254. The van der Waals surface area contributed by atoms with Gasteiger partial charge in [-0.1, -0.05) is 32.1 Å². The van der Waals surface area contributed by atoms with Crippen molar-refractivity contribution in [1.29, 1.82) is 0 Å². The van der Waals surface area contributed by atoms with Gasteiger partial charge < -0.3 is 17.0 Å². The average molecular weight is 350 g/mol. The highest BCUT2D eigenvalue weighted by atomic mass is 79.9. The quantitative estimate of drug-likeness (QED) is 0.322. The van der Waals surface area contributed by atoms with Gasteiger partial charge in [0.05, 0.1) is 6.54 Å². The average Bonchev–Trinajstić information content (AvgIpc) is 2.85. The molecule has 1 rings (SSSR count). The molecule has 0 saturated heterocycles. The number of rotatable bonds is 11. The molecule has 0 bridgehead atoms. The largest absolute Gasteiger partial charge is 1.00 e. The van der Waals surface area contributed by atoms with Crippen molar-refractivity contribution >= 4 is 12.6 Å². The predicted molar refractivity (Wildman–Crippen MR) is 79.6 cm³/mol. The fraction of sp³-hybridized carbons (Fsp3) is 0.786. The standard InChI is InChI=1S/C14H27N3S.BrH/c15-13-17-11-10-16(14-17)9-7-5-3-1-2-4-6-8-12-18;/h10-11,14H,1-9,12-13,15H2;1H. The lowest BCUT2D eigenvalue weighted by molar-refractivity contribution is -0.696. The van der Waals surface area contributed by atoms with E-state index in [2.05, 4.69) is 29.7 Å². The second kappa shape index (κ2) is 13.0. The lowest BCUT2D eigenvalue weighted by Crippen LogP contribution is -3.00. The van der Waals surface area contributed by atoms with Crippen molar-refractivity contribution in [2.24, 2.45) is 5.73 Å². The zero-order valence-corrected chi connectivity index (χ0v) is 14.3. The Bertz CT molecular complexity index is 305. The molecule has 3 nitrogen and oxygen atoms in total. The highest BCUT2D eigenvalue weighted by Gasteiger charge is 2.00. The van der Waals surface area contributed by atoms with Crippen LogP contribution in [-0.2, 0) is 13.2 Å². The highest BCUT2D eigenvalue weighted by molar-refractivity contribution is 7.80.